The van der Waals surface area contributed by atoms with E-state index in [-0.39, 0.29) is 11.8 Å². The lowest BCUT2D eigenvalue weighted by molar-refractivity contribution is -0.122. The predicted molar refractivity (Wildman–Crippen MR) is 37.5 cm³/mol. The van der Waals surface area contributed by atoms with E-state index in [4.69, 9.17) is 0 Å². The molecule has 3 atom stereocenters. The van der Waals surface area contributed by atoms with Gasteiger partial charge in [0.15, 0.2) is 0 Å². The summed E-state index contributed by atoms with van der Waals surface area (Å²) >= 11 is 0. The molecule has 3 heteroatoms. The zero-order valence-corrected chi connectivity index (χ0v) is 6.05. The third-order valence-corrected chi connectivity index (χ3v) is 2.61. The minimum absolute atomic E-state index is 0.238. The molecule has 0 bridgehead atoms. The summed E-state index contributed by atoms with van der Waals surface area (Å²) in [7, 11) is 0. The zero-order valence-electron chi connectivity index (χ0n) is 6.05. The van der Waals surface area contributed by atoms with E-state index in [0.29, 0.717) is 12.0 Å². The van der Waals surface area contributed by atoms with Crippen LogP contribution in [0, 0.1) is 11.8 Å². The Morgan fingerprint density at radius 1 is 1.50 bits per heavy atom. The minimum Gasteiger partial charge on any atom is -0.353 e. The summed E-state index contributed by atoms with van der Waals surface area (Å²) in [5, 5.41) is 6.16. The van der Waals surface area contributed by atoms with Crippen molar-refractivity contribution < 1.29 is 4.79 Å². The second-order valence-electron chi connectivity index (χ2n) is 3.23. The molecule has 0 spiro atoms. The summed E-state index contributed by atoms with van der Waals surface area (Å²) in [5.74, 6) is 1.05. The zero-order chi connectivity index (χ0) is 7.14. The molecule has 0 aromatic carbocycles. The van der Waals surface area contributed by atoms with Crippen LogP contribution >= 0.6 is 0 Å². The highest BCUT2D eigenvalue weighted by Crippen LogP contribution is 2.25. The van der Waals surface area contributed by atoms with Gasteiger partial charge in [-0.15, -0.1) is 0 Å². The molecule has 0 aromatic rings. The number of fused-ring (bicyclic) bond motifs is 1. The minimum atomic E-state index is 0.238. The van der Waals surface area contributed by atoms with Gasteiger partial charge in [-0.25, -0.2) is 0 Å². The lowest BCUT2D eigenvalue weighted by Crippen LogP contribution is -2.30. The maximum absolute atomic E-state index is 11.1. The van der Waals surface area contributed by atoms with Gasteiger partial charge in [0, 0.05) is 25.0 Å². The molecule has 2 heterocycles. The number of hydrogen-bond acceptors (Lipinski definition) is 2. The first kappa shape index (κ1) is 6.16. The molecule has 10 heavy (non-hydrogen) atoms. The van der Waals surface area contributed by atoms with Crippen molar-refractivity contribution >= 4 is 5.91 Å². The highest BCUT2D eigenvalue weighted by Gasteiger charge is 2.42. The first-order valence-electron chi connectivity index (χ1n) is 3.80. The molecule has 0 unspecified atom stereocenters. The highest BCUT2D eigenvalue weighted by atomic mass is 16.2. The summed E-state index contributed by atoms with van der Waals surface area (Å²) in [5.41, 5.74) is 0. The molecule has 0 saturated carbocycles. The van der Waals surface area contributed by atoms with Crippen molar-refractivity contribution in [3.05, 3.63) is 0 Å². The molecule has 2 rings (SSSR count). The lowest BCUT2D eigenvalue weighted by Gasteiger charge is -2.08. The molecule has 0 radical (unpaired) electrons. The molecule has 56 valence electrons. The van der Waals surface area contributed by atoms with Crippen LogP contribution in [0.15, 0.2) is 0 Å². The fourth-order valence-corrected chi connectivity index (χ4v) is 1.95. The standard InChI is InChI=1S/C7H12N2O/c1-4-5-2-8-3-6(5)7(10)9-4/h4-6,8H,2-3H2,1H3,(H,9,10)/t4-,5-,6-/m0/s1. The molecule has 0 aliphatic carbocycles. The van der Waals surface area contributed by atoms with Gasteiger partial charge in [-0.05, 0) is 6.92 Å². The third-order valence-electron chi connectivity index (χ3n) is 2.61. The number of nitrogens with one attached hydrogen (secondary N) is 2. The highest BCUT2D eigenvalue weighted by molar-refractivity contribution is 5.82. The smallest absolute Gasteiger partial charge is 0.225 e. The molecular formula is C7H12N2O. The van der Waals surface area contributed by atoms with Gasteiger partial charge in [-0.1, -0.05) is 0 Å². The van der Waals surface area contributed by atoms with Crippen LogP contribution in [0.1, 0.15) is 6.92 Å². The van der Waals surface area contributed by atoms with E-state index in [1.807, 2.05) is 0 Å². The Labute approximate surface area is 60.2 Å². The van der Waals surface area contributed by atoms with Crippen LogP contribution in [0.25, 0.3) is 0 Å². The summed E-state index contributed by atoms with van der Waals surface area (Å²) in [4.78, 5) is 11.1. The summed E-state index contributed by atoms with van der Waals surface area (Å²) < 4.78 is 0. The fourth-order valence-electron chi connectivity index (χ4n) is 1.95. The second-order valence-corrected chi connectivity index (χ2v) is 3.23. The number of hydrogen-bond donors (Lipinski definition) is 2. The van der Waals surface area contributed by atoms with E-state index in [9.17, 15) is 4.79 Å². The third kappa shape index (κ3) is 0.669. The van der Waals surface area contributed by atoms with Crippen LogP contribution in [0.2, 0.25) is 0 Å². The Kier molecular flexibility index (Phi) is 1.20. The molecule has 1 amide bonds. The summed E-state index contributed by atoms with van der Waals surface area (Å²) in [6.45, 7) is 3.96. The number of rotatable bonds is 0. The van der Waals surface area contributed by atoms with E-state index in [0.717, 1.165) is 13.1 Å². The summed E-state index contributed by atoms with van der Waals surface area (Å²) in [6.07, 6.45) is 0. The Bertz CT molecular complexity index is 169. The average molecular weight is 140 g/mol. The van der Waals surface area contributed by atoms with Gasteiger partial charge in [0.1, 0.15) is 0 Å². The van der Waals surface area contributed by atoms with Crippen LogP contribution in [0.3, 0.4) is 0 Å². The van der Waals surface area contributed by atoms with Crippen LogP contribution < -0.4 is 10.6 Å². The topological polar surface area (TPSA) is 41.1 Å². The van der Waals surface area contributed by atoms with E-state index in [1.165, 1.54) is 0 Å². The number of carbonyl (C=O) groups excluding carboxylic acids is 1. The fraction of sp³-hybridized carbons (Fsp3) is 0.857. The van der Waals surface area contributed by atoms with E-state index >= 15 is 0 Å². The lowest BCUT2D eigenvalue weighted by atomic mass is 9.95. The molecule has 2 aliphatic rings. The second kappa shape index (κ2) is 1.95. The monoisotopic (exact) mass is 140 g/mol. The van der Waals surface area contributed by atoms with Crippen LogP contribution in [0.4, 0.5) is 0 Å². The van der Waals surface area contributed by atoms with Gasteiger partial charge in [-0.3, -0.25) is 4.79 Å². The van der Waals surface area contributed by atoms with E-state index in [2.05, 4.69) is 17.6 Å². The Hall–Kier alpha value is -0.570. The Morgan fingerprint density at radius 3 is 3.00 bits per heavy atom. The SMILES string of the molecule is C[C@@H]1NC(=O)[C@H]2CNC[C@@H]12. The summed E-state index contributed by atoms with van der Waals surface area (Å²) in [6, 6.07) is 0.382. The van der Waals surface area contributed by atoms with Gasteiger partial charge in [0.2, 0.25) is 5.91 Å². The van der Waals surface area contributed by atoms with Crippen molar-refractivity contribution in [2.45, 2.75) is 13.0 Å². The molecule has 0 aromatic heterocycles. The van der Waals surface area contributed by atoms with Crippen molar-refractivity contribution in [2.24, 2.45) is 11.8 Å². The van der Waals surface area contributed by atoms with Gasteiger partial charge < -0.3 is 10.6 Å². The van der Waals surface area contributed by atoms with Crippen LogP contribution in [0.5, 0.6) is 0 Å². The van der Waals surface area contributed by atoms with Crippen molar-refractivity contribution in [1.82, 2.24) is 10.6 Å². The number of amides is 1. The first-order valence-corrected chi connectivity index (χ1v) is 3.80. The van der Waals surface area contributed by atoms with Crippen molar-refractivity contribution in [3.8, 4) is 0 Å². The van der Waals surface area contributed by atoms with Crippen molar-refractivity contribution in [2.75, 3.05) is 13.1 Å². The predicted octanol–water partition coefficient (Wildman–Crippen LogP) is -0.660. The van der Waals surface area contributed by atoms with Crippen LogP contribution in [-0.4, -0.2) is 25.0 Å². The van der Waals surface area contributed by atoms with Crippen molar-refractivity contribution in [1.29, 1.82) is 0 Å². The van der Waals surface area contributed by atoms with Gasteiger partial charge in [0.05, 0.1) is 5.92 Å². The van der Waals surface area contributed by atoms with E-state index in [1.54, 1.807) is 0 Å². The molecule has 3 nitrogen and oxygen atoms in total. The molecule has 2 fully saturated rings. The van der Waals surface area contributed by atoms with Crippen LogP contribution in [-0.2, 0) is 4.79 Å². The van der Waals surface area contributed by atoms with E-state index < -0.39 is 0 Å². The maximum atomic E-state index is 11.1. The van der Waals surface area contributed by atoms with Gasteiger partial charge in [0.25, 0.3) is 0 Å². The maximum Gasteiger partial charge on any atom is 0.225 e. The Morgan fingerprint density at radius 2 is 2.30 bits per heavy atom. The Balaban J connectivity index is 2.19. The average Bonchev–Trinajstić information content (AvgIpc) is 2.39. The van der Waals surface area contributed by atoms with Gasteiger partial charge in [-0.2, -0.15) is 0 Å². The molecular weight excluding hydrogens is 128 g/mol. The normalized spacial score (nSPS) is 45.3. The first-order chi connectivity index (χ1) is 4.79. The molecule has 2 N–H and O–H groups in total. The molecule has 2 aliphatic heterocycles. The largest absolute Gasteiger partial charge is 0.353 e. The van der Waals surface area contributed by atoms with Crippen molar-refractivity contribution in [3.63, 3.8) is 0 Å². The number of carbonyl (C=O) groups is 1. The molecule has 2 saturated heterocycles. The van der Waals surface area contributed by atoms with Gasteiger partial charge >= 0.3 is 0 Å². The quantitative estimate of drug-likeness (QED) is 0.469.